The zero-order chi connectivity index (χ0) is 12.0. The first-order valence-electron chi connectivity index (χ1n) is 4.52. The van der Waals surface area contributed by atoms with Crippen LogP contribution in [0.25, 0.3) is 0 Å². The maximum absolute atomic E-state index is 11.5. The van der Waals surface area contributed by atoms with Gasteiger partial charge in [-0.25, -0.2) is 0 Å². The van der Waals surface area contributed by atoms with Gasteiger partial charge in [0.05, 0.1) is 4.92 Å². The molecule has 0 saturated carbocycles. The van der Waals surface area contributed by atoms with Crippen molar-refractivity contribution in [2.45, 2.75) is 0 Å². The third-order valence-electron chi connectivity index (χ3n) is 1.85. The molecule has 82 valence electrons. The molecule has 0 fully saturated rings. The highest BCUT2D eigenvalue weighted by Crippen LogP contribution is 2.11. The molecular weight excluding hydrogens is 208 g/mol. The summed E-state index contributed by atoms with van der Waals surface area (Å²) >= 11 is 0. The van der Waals surface area contributed by atoms with Crippen LogP contribution in [-0.2, 0) is 0 Å². The lowest BCUT2D eigenvalue weighted by molar-refractivity contribution is -0.384. The lowest BCUT2D eigenvalue weighted by atomic mass is 10.2. The minimum atomic E-state index is -0.512. The first kappa shape index (κ1) is 11.7. The number of benzene rings is 1. The van der Waals surface area contributed by atoms with Gasteiger partial charge in [-0.1, -0.05) is 6.58 Å². The number of nitrogens with one attached hydrogen (secondary N) is 1. The molecule has 0 unspecified atom stereocenters. The number of non-ortho nitro benzene ring substituents is 1. The predicted molar refractivity (Wildman–Crippen MR) is 59.1 cm³/mol. The van der Waals surface area contributed by atoms with Crippen LogP contribution in [0.3, 0.4) is 0 Å². The SMILES string of the molecule is C=C=CCNC(=O)c1ccc([N+](=O)[O-])cc1. The molecule has 1 N–H and O–H groups in total. The zero-order valence-corrected chi connectivity index (χ0v) is 8.47. The van der Waals surface area contributed by atoms with Crippen molar-refractivity contribution >= 4 is 11.6 Å². The fourth-order valence-electron chi connectivity index (χ4n) is 1.05. The van der Waals surface area contributed by atoms with Gasteiger partial charge < -0.3 is 5.32 Å². The molecule has 1 aromatic carbocycles. The van der Waals surface area contributed by atoms with Crippen LogP contribution in [-0.4, -0.2) is 17.4 Å². The summed E-state index contributed by atoms with van der Waals surface area (Å²) in [5, 5.41) is 13.0. The molecule has 0 aromatic heterocycles. The molecule has 0 bridgehead atoms. The fourth-order valence-corrected chi connectivity index (χ4v) is 1.05. The van der Waals surface area contributed by atoms with Gasteiger partial charge in [-0.05, 0) is 18.2 Å². The number of amides is 1. The van der Waals surface area contributed by atoms with Crippen molar-refractivity contribution in [3.05, 3.63) is 58.3 Å². The van der Waals surface area contributed by atoms with Crippen LogP contribution in [0.15, 0.2) is 42.7 Å². The number of carbonyl (C=O) groups excluding carboxylic acids is 1. The minimum Gasteiger partial charge on any atom is -0.348 e. The summed E-state index contributed by atoms with van der Waals surface area (Å²) in [5.41, 5.74) is 2.86. The van der Waals surface area contributed by atoms with Crippen LogP contribution < -0.4 is 5.32 Å². The number of nitro groups is 1. The number of nitro benzene ring substituents is 1. The van der Waals surface area contributed by atoms with Crippen LogP contribution >= 0.6 is 0 Å². The normalized spacial score (nSPS) is 9.00. The van der Waals surface area contributed by atoms with Gasteiger partial charge in [0.15, 0.2) is 0 Å². The average Bonchev–Trinajstić information content (AvgIpc) is 2.29. The van der Waals surface area contributed by atoms with E-state index in [-0.39, 0.29) is 11.6 Å². The Bertz CT molecular complexity index is 445. The van der Waals surface area contributed by atoms with E-state index in [0.29, 0.717) is 12.1 Å². The molecule has 5 heteroatoms. The summed E-state index contributed by atoms with van der Waals surface area (Å²) in [6.45, 7) is 3.69. The van der Waals surface area contributed by atoms with Crippen molar-refractivity contribution in [3.63, 3.8) is 0 Å². The second kappa shape index (κ2) is 5.48. The maximum Gasteiger partial charge on any atom is 0.269 e. The summed E-state index contributed by atoms with van der Waals surface area (Å²) in [5.74, 6) is -0.290. The van der Waals surface area contributed by atoms with Crippen molar-refractivity contribution in [1.29, 1.82) is 0 Å². The molecular formula is C11H10N2O3. The lowest BCUT2D eigenvalue weighted by Gasteiger charge is -2.01. The fraction of sp³-hybridized carbons (Fsp3) is 0.0909. The van der Waals surface area contributed by atoms with E-state index in [0.717, 1.165) is 0 Å². The van der Waals surface area contributed by atoms with Crippen molar-refractivity contribution in [1.82, 2.24) is 5.32 Å². The molecule has 0 heterocycles. The number of hydrogen-bond donors (Lipinski definition) is 1. The van der Waals surface area contributed by atoms with E-state index in [9.17, 15) is 14.9 Å². The van der Waals surface area contributed by atoms with Gasteiger partial charge in [-0.3, -0.25) is 14.9 Å². The predicted octanol–water partition coefficient (Wildman–Crippen LogP) is 1.67. The molecule has 0 spiro atoms. The Labute approximate surface area is 92.2 Å². The zero-order valence-electron chi connectivity index (χ0n) is 8.47. The van der Waals surface area contributed by atoms with Crippen LogP contribution in [0.1, 0.15) is 10.4 Å². The summed E-state index contributed by atoms with van der Waals surface area (Å²) in [7, 11) is 0. The van der Waals surface area contributed by atoms with Crippen LogP contribution in [0.2, 0.25) is 0 Å². The first-order valence-corrected chi connectivity index (χ1v) is 4.52. The highest BCUT2D eigenvalue weighted by Gasteiger charge is 2.07. The third-order valence-corrected chi connectivity index (χ3v) is 1.85. The van der Waals surface area contributed by atoms with Gasteiger partial charge in [0, 0.05) is 24.2 Å². The average molecular weight is 218 g/mol. The van der Waals surface area contributed by atoms with Gasteiger partial charge >= 0.3 is 0 Å². The van der Waals surface area contributed by atoms with Gasteiger partial charge in [-0.2, -0.15) is 0 Å². The number of hydrogen-bond acceptors (Lipinski definition) is 3. The summed E-state index contributed by atoms with van der Waals surface area (Å²) in [4.78, 5) is 21.3. The van der Waals surface area contributed by atoms with E-state index in [1.54, 1.807) is 6.08 Å². The van der Waals surface area contributed by atoms with Gasteiger partial charge in [-0.15, -0.1) is 5.73 Å². The van der Waals surface area contributed by atoms with Crippen molar-refractivity contribution in [2.75, 3.05) is 6.54 Å². The minimum absolute atomic E-state index is 0.0393. The van der Waals surface area contributed by atoms with Crippen molar-refractivity contribution < 1.29 is 9.72 Å². The molecule has 16 heavy (non-hydrogen) atoms. The van der Waals surface area contributed by atoms with Crippen LogP contribution in [0.4, 0.5) is 5.69 Å². The largest absolute Gasteiger partial charge is 0.348 e. The molecule has 0 atom stereocenters. The Morgan fingerprint density at radius 2 is 2.12 bits per heavy atom. The molecule has 1 aromatic rings. The number of carbonyl (C=O) groups is 1. The molecule has 0 radical (unpaired) electrons. The summed E-state index contributed by atoms with van der Waals surface area (Å²) in [6, 6.07) is 5.40. The molecule has 0 aliphatic heterocycles. The third kappa shape index (κ3) is 3.08. The summed E-state index contributed by atoms with van der Waals surface area (Å²) < 4.78 is 0. The smallest absolute Gasteiger partial charge is 0.269 e. The highest BCUT2D eigenvalue weighted by molar-refractivity contribution is 5.94. The van der Waals surface area contributed by atoms with E-state index < -0.39 is 4.92 Å². The molecule has 0 aliphatic rings. The van der Waals surface area contributed by atoms with Gasteiger partial charge in [0.1, 0.15) is 0 Å². The highest BCUT2D eigenvalue weighted by atomic mass is 16.6. The Morgan fingerprint density at radius 3 is 2.62 bits per heavy atom. The van der Waals surface area contributed by atoms with Crippen molar-refractivity contribution in [3.8, 4) is 0 Å². The molecule has 1 rings (SSSR count). The van der Waals surface area contributed by atoms with Crippen LogP contribution in [0.5, 0.6) is 0 Å². The topological polar surface area (TPSA) is 72.2 Å². The van der Waals surface area contributed by atoms with E-state index in [1.165, 1.54) is 24.3 Å². The summed E-state index contributed by atoms with van der Waals surface area (Å²) in [6.07, 6.45) is 1.57. The molecule has 0 aliphatic carbocycles. The second-order valence-corrected chi connectivity index (χ2v) is 2.92. The monoisotopic (exact) mass is 218 g/mol. The first-order chi connectivity index (χ1) is 7.65. The quantitative estimate of drug-likeness (QED) is 0.474. The second-order valence-electron chi connectivity index (χ2n) is 2.92. The molecule has 1 amide bonds. The van der Waals surface area contributed by atoms with Gasteiger partial charge in [0.2, 0.25) is 0 Å². The Kier molecular flexibility index (Phi) is 4.00. The Hall–Kier alpha value is -2.39. The van der Waals surface area contributed by atoms with E-state index >= 15 is 0 Å². The van der Waals surface area contributed by atoms with Crippen LogP contribution in [0, 0.1) is 10.1 Å². The maximum atomic E-state index is 11.5. The molecule has 5 nitrogen and oxygen atoms in total. The van der Waals surface area contributed by atoms with E-state index in [2.05, 4.69) is 17.6 Å². The van der Waals surface area contributed by atoms with Gasteiger partial charge in [0.25, 0.3) is 11.6 Å². The molecule has 0 saturated heterocycles. The Balaban J connectivity index is 2.70. The number of nitrogens with zero attached hydrogens (tertiary/aromatic N) is 1. The van der Waals surface area contributed by atoms with Crippen molar-refractivity contribution in [2.24, 2.45) is 0 Å². The Morgan fingerprint density at radius 1 is 1.50 bits per heavy atom. The standard InChI is InChI=1S/C11H10N2O3/c1-2-3-8-12-11(14)9-4-6-10(7-5-9)13(15)16/h3-7H,1,8H2,(H,12,14). The lowest BCUT2D eigenvalue weighted by Crippen LogP contribution is -2.23. The number of rotatable bonds is 4. The van der Waals surface area contributed by atoms with E-state index in [4.69, 9.17) is 0 Å². The van der Waals surface area contributed by atoms with E-state index in [1.807, 2.05) is 0 Å².